The third-order valence-corrected chi connectivity index (χ3v) is 7.20. The molecule has 2 aromatic carbocycles. The molecule has 0 saturated carbocycles. The Balaban J connectivity index is 1.13. The van der Waals surface area contributed by atoms with Crippen molar-refractivity contribution in [2.75, 3.05) is 42.9 Å². The average Bonchev–Trinajstić information content (AvgIpc) is 3.19. The number of carbonyl (C=O) groups is 1. The Morgan fingerprint density at radius 2 is 1.97 bits per heavy atom. The molecule has 0 radical (unpaired) electrons. The lowest BCUT2D eigenvalue weighted by atomic mass is 9.90. The van der Waals surface area contributed by atoms with Gasteiger partial charge in [-0.3, -0.25) is 9.69 Å². The van der Waals surface area contributed by atoms with Gasteiger partial charge in [-0.25, -0.2) is 0 Å². The quantitative estimate of drug-likeness (QED) is 0.660. The molecule has 1 atom stereocenters. The van der Waals surface area contributed by atoms with Crippen molar-refractivity contribution in [1.29, 1.82) is 0 Å². The summed E-state index contributed by atoms with van der Waals surface area (Å²) in [6, 6.07) is 15.1. The van der Waals surface area contributed by atoms with Crippen LogP contribution in [0.3, 0.4) is 0 Å². The highest BCUT2D eigenvalue weighted by atomic mass is 32.1. The Morgan fingerprint density at radius 3 is 2.83 bits per heavy atom. The Morgan fingerprint density at radius 1 is 1.13 bits per heavy atom. The highest BCUT2D eigenvalue weighted by molar-refractivity contribution is 7.13. The zero-order chi connectivity index (χ0) is 20.5. The van der Waals surface area contributed by atoms with Gasteiger partial charge in [0.15, 0.2) is 0 Å². The number of benzene rings is 2. The number of aromatic nitrogens is 1. The minimum atomic E-state index is 0.132. The Kier molecular flexibility index (Phi) is 5.44. The van der Waals surface area contributed by atoms with E-state index in [2.05, 4.69) is 64.5 Å². The molecule has 30 heavy (non-hydrogen) atoms. The highest BCUT2D eigenvalue weighted by Crippen LogP contribution is 2.33. The van der Waals surface area contributed by atoms with E-state index < -0.39 is 0 Å². The van der Waals surface area contributed by atoms with Gasteiger partial charge < -0.3 is 10.2 Å². The van der Waals surface area contributed by atoms with E-state index >= 15 is 0 Å². The largest absolute Gasteiger partial charge is 0.353 e. The second-order valence-corrected chi connectivity index (χ2v) is 9.31. The molecular formula is C24H28N4OS. The van der Waals surface area contributed by atoms with Crippen LogP contribution in [-0.2, 0) is 11.2 Å². The van der Waals surface area contributed by atoms with Gasteiger partial charge in [0, 0.05) is 43.7 Å². The van der Waals surface area contributed by atoms with E-state index in [1.807, 2.05) is 0 Å². The molecule has 5 rings (SSSR count). The lowest BCUT2D eigenvalue weighted by Crippen LogP contribution is -2.46. The highest BCUT2D eigenvalue weighted by Gasteiger charge is 2.22. The van der Waals surface area contributed by atoms with Gasteiger partial charge in [0.05, 0.1) is 4.70 Å². The third kappa shape index (κ3) is 3.94. The van der Waals surface area contributed by atoms with E-state index in [1.54, 1.807) is 11.5 Å². The molecule has 1 N–H and O–H groups in total. The number of rotatable bonds is 5. The molecule has 0 unspecified atom stereocenters. The van der Waals surface area contributed by atoms with Gasteiger partial charge in [-0.2, -0.15) is 4.37 Å². The van der Waals surface area contributed by atoms with Gasteiger partial charge in [0.2, 0.25) is 5.91 Å². The number of hydrogen-bond donors (Lipinski definition) is 1. The van der Waals surface area contributed by atoms with E-state index in [-0.39, 0.29) is 5.91 Å². The topological polar surface area (TPSA) is 48.5 Å². The second-order valence-electron chi connectivity index (χ2n) is 8.51. The van der Waals surface area contributed by atoms with Gasteiger partial charge in [-0.05, 0) is 66.2 Å². The summed E-state index contributed by atoms with van der Waals surface area (Å²) in [5.74, 6) is 1.60. The number of anilines is 2. The van der Waals surface area contributed by atoms with Crippen LogP contribution in [0.15, 0.2) is 42.5 Å². The van der Waals surface area contributed by atoms with Gasteiger partial charge in [-0.15, -0.1) is 0 Å². The van der Waals surface area contributed by atoms with E-state index in [0.29, 0.717) is 12.3 Å². The smallest absolute Gasteiger partial charge is 0.224 e. The van der Waals surface area contributed by atoms with Crippen molar-refractivity contribution >= 4 is 39.0 Å². The van der Waals surface area contributed by atoms with Crippen molar-refractivity contribution in [3.05, 3.63) is 53.6 Å². The second kappa shape index (κ2) is 8.36. The van der Waals surface area contributed by atoms with Crippen LogP contribution in [0, 0.1) is 0 Å². The lowest BCUT2D eigenvalue weighted by Gasteiger charge is -2.35. The Bertz CT molecular complexity index is 1050. The van der Waals surface area contributed by atoms with Crippen LogP contribution in [0.2, 0.25) is 0 Å². The third-order valence-electron chi connectivity index (χ3n) is 6.38. The SMILES string of the molecule is C[C@H]1CC(=O)Nc2ccc(CCCN3CCN(c4nsc5ccccc45)CC3)cc21. The number of nitrogens with zero attached hydrogens (tertiary/aromatic N) is 3. The Hall–Kier alpha value is -2.44. The van der Waals surface area contributed by atoms with Crippen molar-refractivity contribution in [2.24, 2.45) is 0 Å². The van der Waals surface area contributed by atoms with Crippen LogP contribution in [0.25, 0.3) is 10.1 Å². The van der Waals surface area contributed by atoms with Crippen molar-refractivity contribution < 1.29 is 4.79 Å². The number of carbonyl (C=O) groups excluding carboxylic acids is 1. The molecule has 3 aromatic rings. The van der Waals surface area contributed by atoms with Crippen molar-refractivity contribution in [2.45, 2.75) is 32.1 Å². The minimum absolute atomic E-state index is 0.132. The molecular weight excluding hydrogens is 392 g/mol. The molecule has 1 saturated heterocycles. The summed E-state index contributed by atoms with van der Waals surface area (Å²) in [4.78, 5) is 16.7. The van der Waals surface area contributed by atoms with E-state index in [9.17, 15) is 4.79 Å². The number of piperazine rings is 1. The number of nitrogens with one attached hydrogen (secondary N) is 1. The van der Waals surface area contributed by atoms with Crippen LogP contribution >= 0.6 is 11.5 Å². The van der Waals surface area contributed by atoms with Crippen LogP contribution in [-0.4, -0.2) is 47.9 Å². The first kappa shape index (κ1) is 19.5. The summed E-state index contributed by atoms with van der Waals surface area (Å²) >= 11 is 1.60. The Labute approximate surface area is 181 Å². The van der Waals surface area contributed by atoms with Crippen molar-refractivity contribution in [3.8, 4) is 0 Å². The molecule has 0 spiro atoms. The normalized spacial score (nSPS) is 19.7. The number of aryl methyl sites for hydroxylation is 1. The van der Waals surface area contributed by atoms with Gasteiger partial charge >= 0.3 is 0 Å². The summed E-state index contributed by atoms with van der Waals surface area (Å²) in [7, 11) is 0. The van der Waals surface area contributed by atoms with Crippen molar-refractivity contribution in [3.63, 3.8) is 0 Å². The molecule has 1 aromatic heterocycles. The zero-order valence-corrected chi connectivity index (χ0v) is 18.3. The summed E-state index contributed by atoms with van der Waals surface area (Å²) in [6.45, 7) is 7.56. The summed E-state index contributed by atoms with van der Waals surface area (Å²) in [5, 5.41) is 4.28. The number of amides is 1. The summed E-state index contributed by atoms with van der Waals surface area (Å²) < 4.78 is 5.99. The predicted octanol–water partition coefficient (Wildman–Crippen LogP) is 4.50. The van der Waals surface area contributed by atoms with Crippen LogP contribution in [0.4, 0.5) is 11.5 Å². The van der Waals surface area contributed by atoms with E-state index in [1.165, 1.54) is 27.6 Å². The van der Waals surface area contributed by atoms with Gasteiger partial charge in [0.25, 0.3) is 0 Å². The molecule has 0 aliphatic carbocycles. The first-order chi connectivity index (χ1) is 14.7. The fraction of sp³-hybridized carbons (Fsp3) is 0.417. The molecule has 1 amide bonds. The van der Waals surface area contributed by atoms with E-state index in [0.717, 1.165) is 50.6 Å². The van der Waals surface area contributed by atoms with Crippen molar-refractivity contribution in [1.82, 2.24) is 9.27 Å². The molecule has 3 heterocycles. The monoisotopic (exact) mass is 420 g/mol. The molecule has 6 heteroatoms. The fourth-order valence-corrected chi connectivity index (χ4v) is 5.46. The zero-order valence-electron chi connectivity index (χ0n) is 17.4. The molecule has 1 fully saturated rings. The molecule has 156 valence electrons. The molecule has 2 aliphatic rings. The van der Waals surface area contributed by atoms with Crippen LogP contribution in [0.5, 0.6) is 0 Å². The minimum Gasteiger partial charge on any atom is -0.353 e. The fourth-order valence-electron chi connectivity index (χ4n) is 4.67. The van der Waals surface area contributed by atoms with Gasteiger partial charge in [-0.1, -0.05) is 31.2 Å². The molecule has 5 nitrogen and oxygen atoms in total. The van der Waals surface area contributed by atoms with Crippen LogP contribution < -0.4 is 10.2 Å². The maximum atomic E-state index is 11.7. The van der Waals surface area contributed by atoms with Crippen LogP contribution in [0.1, 0.15) is 36.8 Å². The van der Waals surface area contributed by atoms with Gasteiger partial charge in [0.1, 0.15) is 5.82 Å². The lowest BCUT2D eigenvalue weighted by molar-refractivity contribution is -0.116. The molecule has 2 aliphatic heterocycles. The number of fused-ring (bicyclic) bond motifs is 2. The maximum Gasteiger partial charge on any atom is 0.224 e. The number of hydrogen-bond acceptors (Lipinski definition) is 5. The standard InChI is InChI=1S/C24H28N4OS/c1-17-15-23(29)25-21-9-8-18(16-20(17)21)5-4-10-27-11-13-28(14-12-27)24-19-6-2-3-7-22(19)30-26-24/h2-3,6-9,16-17H,4-5,10-15H2,1H3,(H,25,29)/t17-/m0/s1. The first-order valence-electron chi connectivity index (χ1n) is 10.9. The first-order valence-corrected chi connectivity index (χ1v) is 11.7. The molecule has 0 bridgehead atoms. The average molecular weight is 421 g/mol. The predicted molar refractivity (Wildman–Crippen MR) is 125 cm³/mol. The van der Waals surface area contributed by atoms with E-state index in [4.69, 9.17) is 4.37 Å². The maximum absolute atomic E-state index is 11.7. The summed E-state index contributed by atoms with van der Waals surface area (Å²) in [5.41, 5.74) is 3.66. The summed E-state index contributed by atoms with van der Waals surface area (Å²) in [6.07, 6.45) is 2.85.